The first kappa shape index (κ1) is 16.7. The van der Waals surface area contributed by atoms with Gasteiger partial charge >= 0.3 is 0 Å². The minimum atomic E-state index is -0.272. The van der Waals surface area contributed by atoms with Gasteiger partial charge in [-0.3, -0.25) is 4.79 Å². The van der Waals surface area contributed by atoms with Crippen molar-refractivity contribution >= 4 is 17.5 Å². The minimum Gasteiger partial charge on any atom is -0.484 e. The molecule has 0 unspecified atom stereocenters. The molecule has 1 aromatic carbocycles. The Morgan fingerprint density at radius 2 is 1.78 bits per heavy atom. The normalized spacial score (nSPS) is 10.2. The molecular weight excluding hydrogens is 292 g/mol. The lowest BCUT2D eigenvalue weighted by Gasteiger charge is -2.08. The fourth-order valence-corrected chi connectivity index (χ4v) is 1.85. The molecule has 0 aliphatic heterocycles. The van der Waals surface area contributed by atoms with Crippen molar-refractivity contribution < 1.29 is 9.53 Å². The number of hydrogen-bond acceptors (Lipinski definition) is 5. The van der Waals surface area contributed by atoms with E-state index >= 15 is 0 Å². The van der Waals surface area contributed by atoms with Crippen LogP contribution in [0.5, 0.6) is 5.75 Å². The van der Waals surface area contributed by atoms with Gasteiger partial charge in [0.25, 0.3) is 5.91 Å². The zero-order valence-corrected chi connectivity index (χ0v) is 13.5. The zero-order chi connectivity index (χ0) is 16.5. The molecule has 0 radical (unpaired) electrons. The number of aryl methyl sites for hydroxylation is 1. The lowest BCUT2D eigenvalue weighted by Crippen LogP contribution is -2.21. The number of nitrogens with one attached hydrogen (secondary N) is 2. The molecule has 0 saturated heterocycles. The summed E-state index contributed by atoms with van der Waals surface area (Å²) in [5.74, 6) is 1.50. The molecule has 6 heteroatoms. The number of hydrogen-bond donors (Lipinski definition) is 2. The topological polar surface area (TPSA) is 76.1 Å². The van der Waals surface area contributed by atoms with E-state index in [-0.39, 0.29) is 12.5 Å². The Balaban J connectivity index is 1.77. The van der Waals surface area contributed by atoms with Crippen molar-refractivity contribution in [2.75, 3.05) is 23.8 Å². The van der Waals surface area contributed by atoms with Crippen molar-refractivity contribution in [2.45, 2.75) is 26.7 Å². The molecule has 0 bridgehead atoms. The van der Waals surface area contributed by atoms with Crippen molar-refractivity contribution in [1.29, 1.82) is 0 Å². The highest BCUT2D eigenvalue weighted by molar-refractivity contribution is 5.90. The molecule has 1 heterocycles. The molecule has 1 aromatic heterocycles. The summed E-state index contributed by atoms with van der Waals surface area (Å²) in [5.41, 5.74) is 1.14. The molecule has 122 valence electrons. The highest BCUT2D eigenvalue weighted by Crippen LogP contribution is 2.11. The highest BCUT2D eigenvalue weighted by Gasteiger charge is 2.05. The predicted molar refractivity (Wildman–Crippen MR) is 90.7 cm³/mol. The first-order valence-electron chi connectivity index (χ1n) is 7.74. The summed E-state index contributed by atoms with van der Waals surface area (Å²) in [7, 11) is 0. The quantitative estimate of drug-likeness (QED) is 0.733. The highest BCUT2D eigenvalue weighted by atomic mass is 16.5. The summed E-state index contributed by atoms with van der Waals surface area (Å²) in [6.45, 7) is 4.92. The van der Waals surface area contributed by atoms with Gasteiger partial charge in [-0.2, -0.15) is 0 Å². The van der Waals surface area contributed by atoms with Gasteiger partial charge in [-0.15, -0.1) is 10.2 Å². The fourth-order valence-electron chi connectivity index (χ4n) is 1.85. The summed E-state index contributed by atoms with van der Waals surface area (Å²) in [6.07, 6.45) is 2.20. The van der Waals surface area contributed by atoms with Crippen LogP contribution in [0.4, 0.5) is 11.6 Å². The number of unbranched alkanes of at least 4 members (excludes halogenated alkanes) is 1. The Bertz CT molecular complexity index is 611. The smallest absolute Gasteiger partial charge is 0.263 e. The Hall–Kier alpha value is -2.63. The monoisotopic (exact) mass is 314 g/mol. The number of ether oxygens (including phenoxy) is 1. The zero-order valence-electron chi connectivity index (χ0n) is 13.5. The van der Waals surface area contributed by atoms with Crippen molar-refractivity contribution in [2.24, 2.45) is 0 Å². The van der Waals surface area contributed by atoms with Crippen LogP contribution >= 0.6 is 0 Å². The largest absolute Gasteiger partial charge is 0.484 e. The number of benzene rings is 1. The summed E-state index contributed by atoms with van der Waals surface area (Å²) in [5, 5.41) is 13.8. The number of amides is 1. The van der Waals surface area contributed by atoms with E-state index < -0.39 is 0 Å². The van der Waals surface area contributed by atoms with Crippen LogP contribution < -0.4 is 15.4 Å². The van der Waals surface area contributed by atoms with Crippen molar-refractivity contribution in [3.05, 3.63) is 42.0 Å². The van der Waals surface area contributed by atoms with E-state index in [4.69, 9.17) is 4.74 Å². The van der Waals surface area contributed by atoms with Crippen LogP contribution in [0, 0.1) is 6.92 Å². The maximum atomic E-state index is 11.8. The second kappa shape index (κ2) is 8.73. The van der Waals surface area contributed by atoms with E-state index in [1.54, 1.807) is 12.1 Å². The van der Waals surface area contributed by atoms with Gasteiger partial charge in [0.1, 0.15) is 11.6 Å². The van der Waals surface area contributed by atoms with Crippen LogP contribution in [-0.4, -0.2) is 29.3 Å². The van der Waals surface area contributed by atoms with Crippen LogP contribution in [-0.2, 0) is 4.79 Å². The van der Waals surface area contributed by atoms with Gasteiger partial charge in [-0.05, 0) is 37.6 Å². The van der Waals surface area contributed by atoms with E-state index in [0.29, 0.717) is 17.4 Å². The number of carbonyl (C=O) groups is 1. The molecule has 0 fully saturated rings. The molecule has 0 spiro atoms. The molecule has 0 aliphatic rings. The molecular formula is C17H22N4O2. The Kier molecular flexibility index (Phi) is 6.35. The molecule has 0 atom stereocenters. The molecule has 0 aliphatic carbocycles. The first-order chi connectivity index (χ1) is 11.2. The van der Waals surface area contributed by atoms with Gasteiger partial charge < -0.3 is 15.4 Å². The molecule has 23 heavy (non-hydrogen) atoms. The van der Waals surface area contributed by atoms with Crippen LogP contribution in [0.25, 0.3) is 0 Å². The van der Waals surface area contributed by atoms with Gasteiger partial charge in [-0.1, -0.05) is 31.0 Å². The fraction of sp³-hybridized carbons (Fsp3) is 0.353. The Labute approximate surface area is 136 Å². The third kappa shape index (κ3) is 5.94. The summed E-state index contributed by atoms with van der Waals surface area (Å²) < 4.78 is 5.41. The molecule has 2 rings (SSSR count). The van der Waals surface area contributed by atoms with Crippen LogP contribution in [0.3, 0.4) is 0 Å². The molecule has 1 amide bonds. The second-order valence-electron chi connectivity index (χ2n) is 5.23. The van der Waals surface area contributed by atoms with Crippen molar-refractivity contribution in [1.82, 2.24) is 10.2 Å². The number of aromatic nitrogens is 2. The number of anilines is 2. The first-order valence-corrected chi connectivity index (χ1v) is 7.74. The van der Waals surface area contributed by atoms with Gasteiger partial charge in [-0.25, -0.2) is 0 Å². The van der Waals surface area contributed by atoms with Gasteiger partial charge in [0, 0.05) is 6.54 Å². The summed E-state index contributed by atoms with van der Waals surface area (Å²) in [6, 6.07) is 11.0. The Morgan fingerprint density at radius 1 is 1.09 bits per heavy atom. The van der Waals surface area contributed by atoms with Gasteiger partial charge in [0.15, 0.2) is 12.4 Å². The predicted octanol–water partition coefficient (Wildman–Crippen LogP) is 3.01. The van der Waals surface area contributed by atoms with E-state index in [2.05, 4.69) is 27.8 Å². The van der Waals surface area contributed by atoms with Crippen molar-refractivity contribution in [3.8, 4) is 5.75 Å². The number of rotatable bonds is 8. The molecule has 0 saturated carbocycles. The van der Waals surface area contributed by atoms with E-state index in [9.17, 15) is 4.79 Å². The van der Waals surface area contributed by atoms with Gasteiger partial charge in [0.05, 0.1) is 0 Å². The maximum absolute atomic E-state index is 11.8. The third-order valence-electron chi connectivity index (χ3n) is 3.16. The Morgan fingerprint density at radius 3 is 2.43 bits per heavy atom. The average Bonchev–Trinajstić information content (AvgIpc) is 2.56. The lowest BCUT2D eigenvalue weighted by molar-refractivity contribution is -0.118. The van der Waals surface area contributed by atoms with Crippen molar-refractivity contribution in [3.63, 3.8) is 0 Å². The summed E-state index contributed by atoms with van der Waals surface area (Å²) >= 11 is 0. The number of nitrogens with zero attached hydrogens (tertiary/aromatic N) is 2. The van der Waals surface area contributed by atoms with E-state index in [1.807, 2.05) is 31.2 Å². The minimum absolute atomic E-state index is 0.0682. The van der Waals surface area contributed by atoms with E-state index in [1.165, 1.54) is 0 Å². The second-order valence-corrected chi connectivity index (χ2v) is 5.23. The van der Waals surface area contributed by atoms with Crippen LogP contribution in [0.1, 0.15) is 25.3 Å². The number of carbonyl (C=O) groups excluding carboxylic acids is 1. The lowest BCUT2D eigenvalue weighted by atomic mass is 10.2. The molecule has 2 aromatic rings. The van der Waals surface area contributed by atoms with Crippen LogP contribution in [0.15, 0.2) is 36.4 Å². The maximum Gasteiger partial charge on any atom is 0.263 e. The van der Waals surface area contributed by atoms with Gasteiger partial charge in [0.2, 0.25) is 0 Å². The molecule has 6 nitrogen and oxygen atoms in total. The van der Waals surface area contributed by atoms with Crippen LogP contribution in [0.2, 0.25) is 0 Å². The standard InChI is InChI=1S/C17H22N4O2/c1-3-4-11-18-15-9-10-16(21-20-15)19-17(22)12-23-14-7-5-13(2)6-8-14/h5-10H,3-4,11-12H2,1-2H3,(H,18,20)(H,19,21,22). The third-order valence-corrected chi connectivity index (χ3v) is 3.16. The summed E-state index contributed by atoms with van der Waals surface area (Å²) in [4.78, 5) is 11.8. The average molecular weight is 314 g/mol. The van der Waals surface area contributed by atoms with E-state index in [0.717, 1.165) is 24.9 Å². The SMILES string of the molecule is CCCCNc1ccc(NC(=O)COc2ccc(C)cc2)nn1. The molecule has 2 N–H and O–H groups in total.